The first-order valence-corrected chi connectivity index (χ1v) is 8.36. The Hall–Kier alpha value is -2.54. The molecule has 0 aliphatic rings. The van der Waals surface area contributed by atoms with E-state index in [2.05, 4.69) is 10.6 Å². The van der Waals surface area contributed by atoms with Crippen molar-refractivity contribution >= 4 is 29.2 Å². The lowest BCUT2D eigenvalue weighted by atomic mass is 10.2. The highest BCUT2D eigenvalue weighted by Gasteiger charge is 2.14. The van der Waals surface area contributed by atoms with Crippen LogP contribution in [0.4, 0.5) is 16.2 Å². The Morgan fingerprint density at radius 1 is 0.958 bits per heavy atom. The first kappa shape index (κ1) is 17.8. The zero-order valence-electron chi connectivity index (χ0n) is 14.0. The normalized spacial score (nSPS) is 10.0. The fourth-order valence-electron chi connectivity index (χ4n) is 2.19. The van der Waals surface area contributed by atoms with Crippen molar-refractivity contribution in [2.45, 2.75) is 4.90 Å². The number of urea groups is 1. The number of anilines is 2. The number of methoxy groups -OCH3 is 3. The zero-order valence-corrected chi connectivity index (χ0v) is 14.8. The number of carbonyl (C=O) groups excluding carboxylic acids is 1. The van der Waals surface area contributed by atoms with Gasteiger partial charge in [-0.2, -0.15) is 0 Å². The van der Waals surface area contributed by atoms with Crippen molar-refractivity contribution in [2.75, 3.05) is 38.2 Å². The van der Waals surface area contributed by atoms with Gasteiger partial charge in [0.15, 0.2) is 11.5 Å². The Morgan fingerprint density at radius 3 is 2.12 bits per heavy atom. The third-order valence-corrected chi connectivity index (χ3v) is 4.07. The van der Waals surface area contributed by atoms with E-state index in [9.17, 15) is 4.79 Å². The van der Waals surface area contributed by atoms with Crippen molar-refractivity contribution in [1.29, 1.82) is 0 Å². The number of ether oxygens (including phenoxy) is 3. The summed E-state index contributed by atoms with van der Waals surface area (Å²) in [5.41, 5.74) is 1.28. The van der Waals surface area contributed by atoms with E-state index in [0.717, 1.165) is 10.6 Å². The SMILES string of the molecule is COc1cc(NC(=O)Nc2ccccc2SC)cc(OC)c1OC. The molecule has 0 atom stereocenters. The Kier molecular flexibility index (Phi) is 6.20. The largest absolute Gasteiger partial charge is 0.493 e. The maximum absolute atomic E-state index is 12.3. The van der Waals surface area contributed by atoms with Crippen LogP contribution >= 0.6 is 11.8 Å². The number of amides is 2. The van der Waals surface area contributed by atoms with Gasteiger partial charge in [-0.1, -0.05) is 12.1 Å². The molecule has 2 aromatic carbocycles. The quantitative estimate of drug-likeness (QED) is 0.770. The van der Waals surface area contributed by atoms with Crippen LogP contribution in [0.3, 0.4) is 0 Å². The minimum absolute atomic E-state index is 0.356. The highest BCUT2D eigenvalue weighted by Crippen LogP contribution is 2.40. The summed E-state index contributed by atoms with van der Waals surface area (Å²) in [4.78, 5) is 13.2. The first-order chi connectivity index (χ1) is 11.6. The number of nitrogens with one attached hydrogen (secondary N) is 2. The first-order valence-electron chi connectivity index (χ1n) is 7.14. The molecule has 0 heterocycles. The standard InChI is InChI=1S/C17H20N2O4S/c1-21-13-9-11(10-14(22-2)16(13)23-3)18-17(20)19-12-7-5-6-8-15(12)24-4/h5-10H,1-4H3,(H2,18,19,20). The molecule has 2 amide bonds. The average Bonchev–Trinajstić information content (AvgIpc) is 2.61. The van der Waals surface area contributed by atoms with Gasteiger partial charge in [0.25, 0.3) is 0 Å². The summed E-state index contributed by atoms with van der Waals surface area (Å²) in [7, 11) is 4.57. The number of para-hydroxylation sites is 1. The highest BCUT2D eigenvalue weighted by molar-refractivity contribution is 7.98. The van der Waals surface area contributed by atoms with Gasteiger partial charge in [0.1, 0.15) is 0 Å². The second-order valence-corrected chi connectivity index (χ2v) is 5.54. The minimum Gasteiger partial charge on any atom is -0.493 e. The molecule has 0 fully saturated rings. The predicted molar refractivity (Wildman–Crippen MR) is 97.0 cm³/mol. The summed E-state index contributed by atoms with van der Waals surface area (Å²) in [5, 5.41) is 5.60. The molecule has 2 rings (SSSR count). The monoisotopic (exact) mass is 348 g/mol. The topological polar surface area (TPSA) is 68.8 Å². The van der Waals surface area contributed by atoms with Crippen molar-refractivity contribution in [3.63, 3.8) is 0 Å². The van der Waals surface area contributed by atoms with E-state index in [1.165, 1.54) is 21.3 Å². The lowest BCUT2D eigenvalue weighted by Gasteiger charge is -2.15. The highest BCUT2D eigenvalue weighted by atomic mass is 32.2. The molecule has 6 nitrogen and oxygen atoms in total. The molecule has 24 heavy (non-hydrogen) atoms. The van der Waals surface area contributed by atoms with E-state index in [4.69, 9.17) is 14.2 Å². The van der Waals surface area contributed by atoms with Crippen LogP contribution in [-0.4, -0.2) is 33.6 Å². The van der Waals surface area contributed by atoms with Crippen LogP contribution < -0.4 is 24.8 Å². The van der Waals surface area contributed by atoms with Crippen LogP contribution in [-0.2, 0) is 0 Å². The molecule has 0 spiro atoms. The van der Waals surface area contributed by atoms with Gasteiger partial charge < -0.3 is 24.8 Å². The summed E-state index contributed by atoms with van der Waals surface area (Å²) in [5.74, 6) is 1.41. The van der Waals surface area contributed by atoms with Crippen LogP contribution in [0, 0.1) is 0 Å². The van der Waals surface area contributed by atoms with Crippen LogP contribution in [0.1, 0.15) is 0 Å². The van der Waals surface area contributed by atoms with E-state index >= 15 is 0 Å². The molecule has 0 bridgehead atoms. The third-order valence-electron chi connectivity index (χ3n) is 3.28. The Morgan fingerprint density at radius 2 is 1.58 bits per heavy atom. The van der Waals surface area contributed by atoms with Gasteiger partial charge in [0.05, 0.1) is 32.7 Å². The van der Waals surface area contributed by atoms with E-state index in [1.807, 2.05) is 30.5 Å². The fourth-order valence-corrected chi connectivity index (χ4v) is 2.74. The number of benzene rings is 2. The van der Waals surface area contributed by atoms with E-state index < -0.39 is 0 Å². The average molecular weight is 348 g/mol. The molecular formula is C17H20N2O4S. The summed E-state index contributed by atoms with van der Waals surface area (Å²) in [6, 6.07) is 10.6. The number of hydrogen-bond acceptors (Lipinski definition) is 5. The fraction of sp³-hybridized carbons (Fsp3) is 0.235. The number of thioether (sulfide) groups is 1. The van der Waals surface area contributed by atoms with Crippen LogP contribution in [0.2, 0.25) is 0 Å². The molecule has 128 valence electrons. The summed E-state index contributed by atoms with van der Waals surface area (Å²) in [6.45, 7) is 0. The number of hydrogen-bond donors (Lipinski definition) is 2. The Bertz CT molecular complexity index is 696. The molecule has 0 aliphatic heterocycles. The van der Waals surface area contributed by atoms with Crippen molar-refractivity contribution in [1.82, 2.24) is 0 Å². The third kappa shape index (κ3) is 4.05. The van der Waals surface area contributed by atoms with Gasteiger partial charge in [-0.05, 0) is 18.4 Å². The van der Waals surface area contributed by atoms with Crippen LogP contribution in [0.5, 0.6) is 17.2 Å². The molecule has 0 saturated carbocycles. The van der Waals surface area contributed by atoms with Gasteiger partial charge in [0.2, 0.25) is 5.75 Å². The minimum atomic E-state index is -0.356. The van der Waals surface area contributed by atoms with Crippen molar-refractivity contribution < 1.29 is 19.0 Å². The van der Waals surface area contributed by atoms with Crippen molar-refractivity contribution in [2.24, 2.45) is 0 Å². The smallest absolute Gasteiger partial charge is 0.323 e. The molecule has 0 aromatic heterocycles. The van der Waals surface area contributed by atoms with Gasteiger partial charge in [-0.25, -0.2) is 4.79 Å². The van der Waals surface area contributed by atoms with E-state index in [0.29, 0.717) is 22.9 Å². The lowest BCUT2D eigenvalue weighted by Crippen LogP contribution is -2.19. The number of carbonyl (C=O) groups is 1. The molecule has 0 saturated heterocycles. The van der Waals surface area contributed by atoms with Gasteiger partial charge in [-0.15, -0.1) is 11.8 Å². The van der Waals surface area contributed by atoms with E-state index in [-0.39, 0.29) is 6.03 Å². The van der Waals surface area contributed by atoms with Crippen LogP contribution in [0.15, 0.2) is 41.3 Å². The maximum atomic E-state index is 12.3. The molecule has 0 aliphatic carbocycles. The molecule has 2 N–H and O–H groups in total. The van der Waals surface area contributed by atoms with Gasteiger partial charge in [0, 0.05) is 17.0 Å². The van der Waals surface area contributed by atoms with E-state index in [1.54, 1.807) is 23.9 Å². The second kappa shape index (κ2) is 8.35. The summed E-state index contributed by atoms with van der Waals surface area (Å²) < 4.78 is 15.8. The summed E-state index contributed by atoms with van der Waals surface area (Å²) >= 11 is 1.56. The molecule has 7 heteroatoms. The van der Waals surface area contributed by atoms with Crippen molar-refractivity contribution in [3.05, 3.63) is 36.4 Å². The molecule has 0 unspecified atom stereocenters. The molecule has 0 radical (unpaired) electrons. The molecular weight excluding hydrogens is 328 g/mol. The van der Waals surface area contributed by atoms with Gasteiger partial charge in [-0.3, -0.25) is 0 Å². The maximum Gasteiger partial charge on any atom is 0.323 e. The number of rotatable bonds is 6. The lowest BCUT2D eigenvalue weighted by molar-refractivity contribution is 0.262. The van der Waals surface area contributed by atoms with Crippen LogP contribution in [0.25, 0.3) is 0 Å². The zero-order chi connectivity index (χ0) is 17.5. The predicted octanol–water partition coefficient (Wildman–Crippen LogP) is 4.08. The molecule has 2 aromatic rings. The van der Waals surface area contributed by atoms with Crippen molar-refractivity contribution in [3.8, 4) is 17.2 Å². The Balaban J connectivity index is 2.19. The van der Waals surface area contributed by atoms with Gasteiger partial charge >= 0.3 is 6.03 Å². The summed E-state index contributed by atoms with van der Waals surface area (Å²) in [6.07, 6.45) is 1.96. The Labute approximate surface area is 145 Å². The second-order valence-electron chi connectivity index (χ2n) is 4.69.